The lowest BCUT2D eigenvalue weighted by Crippen LogP contribution is -2.30. The number of hydrogen-bond donors (Lipinski definition) is 0. The van der Waals surface area contributed by atoms with E-state index in [1.54, 1.807) is 0 Å². The summed E-state index contributed by atoms with van der Waals surface area (Å²) >= 11 is 6.05. The molecule has 136 valence electrons. The molecule has 1 aliphatic carbocycles. The van der Waals surface area contributed by atoms with Crippen molar-refractivity contribution in [3.05, 3.63) is 70.7 Å². The van der Waals surface area contributed by atoms with E-state index < -0.39 is 0 Å². The van der Waals surface area contributed by atoms with Gasteiger partial charge in [-0.15, -0.1) is 0 Å². The van der Waals surface area contributed by atoms with Gasteiger partial charge in [0, 0.05) is 11.6 Å². The van der Waals surface area contributed by atoms with Crippen molar-refractivity contribution in [1.29, 1.82) is 5.26 Å². The molecular formula is C23H27ClN2. The normalized spacial score (nSPS) is 16.2. The van der Waals surface area contributed by atoms with Gasteiger partial charge in [-0.2, -0.15) is 5.26 Å². The Morgan fingerprint density at radius 2 is 1.81 bits per heavy atom. The van der Waals surface area contributed by atoms with Crippen molar-refractivity contribution in [2.75, 3.05) is 13.1 Å². The highest BCUT2D eigenvalue weighted by Crippen LogP contribution is 2.50. The largest absolute Gasteiger partial charge is 0.299 e. The fraction of sp³-hybridized carbons (Fsp3) is 0.435. The van der Waals surface area contributed by atoms with Gasteiger partial charge in [-0.05, 0) is 68.0 Å². The summed E-state index contributed by atoms with van der Waals surface area (Å²) in [5, 5.41) is 10.8. The third kappa shape index (κ3) is 4.47. The van der Waals surface area contributed by atoms with Crippen LogP contribution in [-0.2, 0) is 12.0 Å². The lowest BCUT2D eigenvalue weighted by Gasteiger charge is -2.29. The first kappa shape index (κ1) is 19.0. The predicted octanol–water partition coefficient (Wildman–Crippen LogP) is 5.81. The second-order valence-electron chi connectivity index (χ2n) is 7.32. The smallest absolute Gasteiger partial charge is 0.0850 e. The maximum absolute atomic E-state index is 10.1. The molecule has 1 saturated carbocycles. The van der Waals surface area contributed by atoms with Crippen molar-refractivity contribution < 1.29 is 0 Å². The van der Waals surface area contributed by atoms with Gasteiger partial charge in [-0.3, -0.25) is 4.90 Å². The van der Waals surface area contributed by atoms with E-state index >= 15 is 0 Å². The molecule has 1 aliphatic rings. The van der Waals surface area contributed by atoms with Crippen LogP contribution < -0.4 is 0 Å². The summed E-state index contributed by atoms with van der Waals surface area (Å²) in [4.78, 5) is 2.46. The fourth-order valence-corrected chi connectivity index (χ4v) is 4.02. The molecule has 0 saturated heterocycles. The topological polar surface area (TPSA) is 27.0 Å². The van der Waals surface area contributed by atoms with E-state index in [4.69, 9.17) is 11.6 Å². The van der Waals surface area contributed by atoms with Crippen LogP contribution in [0.2, 0.25) is 5.02 Å². The Hall–Kier alpha value is -1.82. The van der Waals surface area contributed by atoms with Crippen LogP contribution in [0.3, 0.4) is 0 Å². The van der Waals surface area contributed by atoms with Crippen LogP contribution in [0.4, 0.5) is 0 Å². The molecule has 0 radical (unpaired) electrons. The first-order valence-corrected chi connectivity index (χ1v) is 9.99. The molecule has 0 aliphatic heterocycles. The summed E-state index contributed by atoms with van der Waals surface area (Å²) in [7, 11) is 0. The number of halogens is 1. The van der Waals surface area contributed by atoms with Gasteiger partial charge in [-0.1, -0.05) is 61.0 Å². The minimum absolute atomic E-state index is 0.350. The Balaban J connectivity index is 1.64. The standard InChI is InChI=1S/C23H27ClN2/c1-2-26(17-19-7-4-3-5-8-19)16-6-15-23(18-25,20-9-10-20)21-11-13-22(24)14-12-21/h3-5,7-8,11-14,20H,2,6,9-10,15-17H2,1H3. The Labute approximate surface area is 162 Å². The molecule has 0 aromatic heterocycles. The molecule has 2 aromatic carbocycles. The number of nitriles is 1. The van der Waals surface area contributed by atoms with Gasteiger partial charge >= 0.3 is 0 Å². The maximum Gasteiger partial charge on any atom is 0.0850 e. The average molecular weight is 367 g/mol. The second-order valence-corrected chi connectivity index (χ2v) is 7.76. The van der Waals surface area contributed by atoms with Crippen molar-refractivity contribution in [2.45, 2.75) is 44.6 Å². The number of rotatable bonds is 9. The molecule has 0 heterocycles. The molecule has 1 atom stereocenters. The van der Waals surface area contributed by atoms with Gasteiger partial charge in [0.15, 0.2) is 0 Å². The van der Waals surface area contributed by atoms with E-state index in [1.807, 2.05) is 24.3 Å². The Morgan fingerprint density at radius 1 is 1.12 bits per heavy atom. The zero-order chi connectivity index (χ0) is 18.4. The van der Waals surface area contributed by atoms with Gasteiger partial charge in [0.25, 0.3) is 0 Å². The van der Waals surface area contributed by atoms with E-state index in [0.29, 0.717) is 5.92 Å². The van der Waals surface area contributed by atoms with Crippen molar-refractivity contribution in [3.8, 4) is 6.07 Å². The van der Waals surface area contributed by atoms with E-state index in [1.165, 1.54) is 5.56 Å². The van der Waals surface area contributed by atoms with Crippen molar-refractivity contribution in [2.24, 2.45) is 5.92 Å². The highest BCUT2D eigenvalue weighted by atomic mass is 35.5. The second kappa shape index (κ2) is 8.71. The number of nitrogens with zero attached hydrogens (tertiary/aromatic N) is 2. The summed E-state index contributed by atoms with van der Waals surface area (Å²) < 4.78 is 0. The average Bonchev–Trinajstić information content (AvgIpc) is 3.52. The van der Waals surface area contributed by atoms with Gasteiger partial charge in [0.05, 0.1) is 11.5 Å². The van der Waals surface area contributed by atoms with Gasteiger partial charge in [0.1, 0.15) is 0 Å². The van der Waals surface area contributed by atoms with E-state index in [2.05, 4.69) is 48.2 Å². The fourth-order valence-electron chi connectivity index (χ4n) is 3.89. The molecule has 0 spiro atoms. The molecule has 1 fully saturated rings. The molecule has 0 N–H and O–H groups in total. The van der Waals surface area contributed by atoms with Crippen molar-refractivity contribution in [1.82, 2.24) is 4.90 Å². The summed E-state index contributed by atoms with van der Waals surface area (Å²) in [6.07, 6.45) is 4.28. The summed E-state index contributed by atoms with van der Waals surface area (Å²) in [5.74, 6) is 0.498. The lowest BCUT2D eigenvalue weighted by atomic mass is 9.74. The molecule has 0 bridgehead atoms. The van der Waals surface area contributed by atoms with Crippen molar-refractivity contribution in [3.63, 3.8) is 0 Å². The highest BCUT2D eigenvalue weighted by molar-refractivity contribution is 6.30. The number of benzene rings is 2. The van der Waals surface area contributed by atoms with E-state index in [9.17, 15) is 5.26 Å². The minimum Gasteiger partial charge on any atom is -0.299 e. The molecule has 26 heavy (non-hydrogen) atoms. The Bertz CT molecular complexity index is 731. The van der Waals surface area contributed by atoms with Gasteiger partial charge in [0.2, 0.25) is 0 Å². The molecular weight excluding hydrogens is 340 g/mol. The van der Waals surface area contributed by atoms with Crippen LogP contribution in [0.25, 0.3) is 0 Å². The predicted molar refractivity (Wildman–Crippen MR) is 108 cm³/mol. The Morgan fingerprint density at radius 3 is 2.38 bits per heavy atom. The highest BCUT2D eigenvalue weighted by Gasteiger charge is 2.46. The third-order valence-corrected chi connectivity index (χ3v) is 5.83. The zero-order valence-corrected chi connectivity index (χ0v) is 16.3. The first-order valence-electron chi connectivity index (χ1n) is 9.61. The van der Waals surface area contributed by atoms with Crippen LogP contribution in [0.5, 0.6) is 0 Å². The van der Waals surface area contributed by atoms with Crippen LogP contribution in [0, 0.1) is 17.2 Å². The van der Waals surface area contributed by atoms with Gasteiger partial charge in [-0.25, -0.2) is 0 Å². The van der Waals surface area contributed by atoms with Crippen LogP contribution >= 0.6 is 11.6 Å². The van der Waals surface area contributed by atoms with E-state index in [0.717, 1.165) is 55.9 Å². The van der Waals surface area contributed by atoms with E-state index in [-0.39, 0.29) is 5.41 Å². The maximum atomic E-state index is 10.1. The molecule has 1 unspecified atom stereocenters. The van der Waals surface area contributed by atoms with Crippen molar-refractivity contribution >= 4 is 11.6 Å². The minimum atomic E-state index is -0.350. The van der Waals surface area contributed by atoms with Crippen LogP contribution in [0.15, 0.2) is 54.6 Å². The lowest BCUT2D eigenvalue weighted by molar-refractivity contribution is 0.261. The molecule has 3 rings (SSSR count). The molecule has 0 amide bonds. The molecule has 3 heteroatoms. The SMILES string of the molecule is CCN(CCCC(C#N)(c1ccc(Cl)cc1)C1CC1)Cc1ccccc1. The first-order chi connectivity index (χ1) is 12.7. The van der Waals surface area contributed by atoms with Crippen LogP contribution in [-0.4, -0.2) is 18.0 Å². The van der Waals surface area contributed by atoms with Crippen LogP contribution in [0.1, 0.15) is 43.7 Å². The number of hydrogen-bond acceptors (Lipinski definition) is 2. The van der Waals surface area contributed by atoms with Gasteiger partial charge < -0.3 is 0 Å². The monoisotopic (exact) mass is 366 g/mol. The molecule has 2 aromatic rings. The third-order valence-electron chi connectivity index (χ3n) is 5.57. The zero-order valence-electron chi connectivity index (χ0n) is 15.5. The molecule has 2 nitrogen and oxygen atoms in total. The summed E-state index contributed by atoms with van der Waals surface area (Å²) in [5.41, 5.74) is 2.13. The summed E-state index contributed by atoms with van der Waals surface area (Å²) in [6.45, 7) is 5.23. The summed E-state index contributed by atoms with van der Waals surface area (Å²) in [6, 6.07) is 21.2. The quantitative estimate of drug-likeness (QED) is 0.559. The Kier molecular flexibility index (Phi) is 6.35.